The van der Waals surface area contributed by atoms with E-state index in [2.05, 4.69) is 10.5 Å². The van der Waals surface area contributed by atoms with Crippen LogP contribution in [-0.4, -0.2) is 24.2 Å². The number of carbonyl (C=O) groups is 1. The minimum absolute atomic E-state index is 0.0696. The molecular weight excluding hydrogens is 334 g/mol. The molecule has 8 nitrogen and oxygen atoms in total. The second-order valence-electron chi connectivity index (χ2n) is 4.71. The number of nitrogens with one attached hydrogen (secondary N) is 1. The molecule has 0 atom stereocenters. The van der Waals surface area contributed by atoms with E-state index < -0.39 is 25.6 Å². The highest BCUT2D eigenvalue weighted by Crippen LogP contribution is 2.18. The quantitative estimate of drug-likeness (QED) is 0.384. The highest BCUT2D eigenvalue weighted by molar-refractivity contribution is 8.08. The van der Waals surface area contributed by atoms with Crippen molar-refractivity contribution in [1.82, 2.24) is 0 Å². The zero-order valence-corrected chi connectivity index (χ0v) is 13.4. The van der Waals surface area contributed by atoms with Crippen LogP contribution in [0.4, 0.5) is 11.4 Å². The highest BCUT2D eigenvalue weighted by Gasteiger charge is 2.26. The first-order valence-corrected chi connectivity index (χ1v) is 8.20. The Balaban J connectivity index is 2.38. The van der Waals surface area contributed by atoms with Crippen molar-refractivity contribution in [3.63, 3.8) is 0 Å². The lowest BCUT2D eigenvalue weighted by Crippen LogP contribution is -2.23. The van der Waals surface area contributed by atoms with Crippen molar-refractivity contribution in [3.05, 3.63) is 64.7 Å². The topological polar surface area (TPSA) is 119 Å². The van der Waals surface area contributed by atoms with Gasteiger partial charge in [-0.25, -0.2) is 8.42 Å². The number of Topliss-reactive ketones (excluding diaryl/α,β-unsaturated/α-hetero) is 1. The fraction of sp³-hybridized carbons (Fsp3) is 0.0667. The van der Waals surface area contributed by atoms with Crippen molar-refractivity contribution in [2.75, 3.05) is 5.43 Å². The molecule has 0 amide bonds. The predicted molar refractivity (Wildman–Crippen MR) is 88.5 cm³/mol. The van der Waals surface area contributed by atoms with E-state index in [1.165, 1.54) is 48.5 Å². The van der Waals surface area contributed by atoms with Gasteiger partial charge >= 0.3 is 0 Å². The van der Waals surface area contributed by atoms with Crippen molar-refractivity contribution in [2.45, 2.75) is 11.8 Å². The summed E-state index contributed by atoms with van der Waals surface area (Å²) >= 11 is 0. The van der Waals surface area contributed by atoms with Gasteiger partial charge in [-0.2, -0.15) is 5.10 Å². The van der Waals surface area contributed by atoms with E-state index in [4.69, 9.17) is 0 Å². The fourth-order valence-electron chi connectivity index (χ4n) is 1.84. The molecule has 124 valence electrons. The minimum atomic E-state index is -4.09. The molecule has 0 heterocycles. The number of rotatable bonds is 5. The van der Waals surface area contributed by atoms with Crippen LogP contribution < -0.4 is 5.43 Å². The summed E-state index contributed by atoms with van der Waals surface area (Å²) in [7, 11) is -4.09. The number of nitro groups is 1. The largest absolute Gasteiger partial charge is 0.292 e. The van der Waals surface area contributed by atoms with Gasteiger partial charge in [0.05, 0.1) is 15.5 Å². The Bertz CT molecular complexity index is 908. The van der Waals surface area contributed by atoms with Crippen LogP contribution in [-0.2, 0) is 14.6 Å². The molecule has 0 unspecified atom stereocenters. The smallest absolute Gasteiger partial charge is 0.271 e. The first-order valence-electron chi connectivity index (χ1n) is 6.71. The third-order valence-corrected chi connectivity index (χ3v) is 4.73. The summed E-state index contributed by atoms with van der Waals surface area (Å²) < 4.78 is 24.9. The van der Waals surface area contributed by atoms with E-state index >= 15 is 0 Å². The molecule has 24 heavy (non-hydrogen) atoms. The summed E-state index contributed by atoms with van der Waals surface area (Å²) in [5.41, 5.74) is 2.38. The third-order valence-electron chi connectivity index (χ3n) is 2.95. The van der Waals surface area contributed by atoms with Crippen LogP contribution in [0.2, 0.25) is 0 Å². The third kappa shape index (κ3) is 3.82. The second kappa shape index (κ2) is 7.01. The van der Waals surface area contributed by atoms with Crippen LogP contribution in [0.3, 0.4) is 0 Å². The number of carbonyl (C=O) groups excluding carboxylic acids is 1. The number of benzene rings is 2. The fourth-order valence-corrected chi connectivity index (χ4v) is 3.13. The zero-order chi connectivity index (χ0) is 17.7. The van der Waals surface area contributed by atoms with Gasteiger partial charge in [0, 0.05) is 19.1 Å². The Hall–Kier alpha value is -3.07. The van der Waals surface area contributed by atoms with Crippen LogP contribution in [0.25, 0.3) is 0 Å². The molecule has 2 aromatic rings. The molecule has 0 saturated carbocycles. The van der Waals surface area contributed by atoms with E-state index in [-0.39, 0.29) is 16.3 Å². The molecule has 9 heteroatoms. The summed E-state index contributed by atoms with van der Waals surface area (Å²) in [5.74, 6) is -0.753. The maximum Gasteiger partial charge on any atom is 0.271 e. The van der Waals surface area contributed by atoms with Gasteiger partial charge < -0.3 is 0 Å². The van der Waals surface area contributed by atoms with Gasteiger partial charge in [0.15, 0.2) is 5.78 Å². The standard InChI is InChI=1S/C15H13N3O5S/c1-11(19)15(24(22,23)14-8-3-2-4-9-14)17-16-12-6-5-7-13(10-12)18(20)21/h2-10,16H,1H3/b17-15-. The van der Waals surface area contributed by atoms with Crippen molar-refractivity contribution in [3.8, 4) is 0 Å². The summed E-state index contributed by atoms with van der Waals surface area (Å²) in [4.78, 5) is 21.8. The lowest BCUT2D eigenvalue weighted by atomic mass is 10.3. The van der Waals surface area contributed by atoms with Crippen LogP contribution in [0.5, 0.6) is 0 Å². The molecular formula is C15H13N3O5S. The van der Waals surface area contributed by atoms with Crippen LogP contribution in [0, 0.1) is 10.1 Å². The van der Waals surface area contributed by atoms with Gasteiger partial charge in [-0.05, 0) is 18.2 Å². The summed E-state index contributed by atoms with van der Waals surface area (Å²) in [6.45, 7) is 1.08. The molecule has 0 aromatic heterocycles. The minimum Gasteiger partial charge on any atom is -0.292 e. The zero-order valence-electron chi connectivity index (χ0n) is 12.5. The van der Waals surface area contributed by atoms with Crippen molar-refractivity contribution in [1.29, 1.82) is 0 Å². The van der Waals surface area contributed by atoms with Gasteiger partial charge in [0.25, 0.3) is 5.69 Å². The lowest BCUT2D eigenvalue weighted by Gasteiger charge is -2.06. The number of ketones is 1. The van der Waals surface area contributed by atoms with Crippen molar-refractivity contribution >= 4 is 32.0 Å². The average molecular weight is 347 g/mol. The van der Waals surface area contributed by atoms with Gasteiger partial charge in [-0.3, -0.25) is 20.3 Å². The van der Waals surface area contributed by atoms with Gasteiger partial charge in [-0.15, -0.1) is 0 Å². The second-order valence-corrected chi connectivity index (χ2v) is 6.57. The van der Waals surface area contributed by atoms with Gasteiger partial charge in [0.1, 0.15) is 0 Å². The first-order chi connectivity index (χ1) is 11.3. The number of non-ortho nitro benzene ring substituents is 1. The maximum absolute atomic E-state index is 12.5. The monoisotopic (exact) mass is 347 g/mol. The number of anilines is 1. The SMILES string of the molecule is CC(=O)/C(=N/Nc1cccc([N+](=O)[O-])c1)S(=O)(=O)c1ccccc1. The number of nitrogens with zero attached hydrogens (tertiary/aromatic N) is 2. The average Bonchev–Trinajstić information content (AvgIpc) is 2.55. The van der Waals surface area contributed by atoms with E-state index in [1.807, 2.05) is 0 Å². The van der Waals surface area contributed by atoms with E-state index in [1.54, 1.807) is 6.07 Å². The van der Waals surface area contributed by atoms with E-state index in [0.29, 0.717) is 0 Å². The Morgan fingerprint density at radius 3 is 2.38 bits per heavy atom. The number of hydrogen-bond donors (Lipinski definition) is 1. The predicted octanol–water partition coefficient (Wildman–Crippen LogP) is 2.38. The number of nitro benzene ring substituents is 1. The molecule has 0 aliphatic rings. The number of hydrazone groups is 1. The molecule has 0 saturated heterocycles. The van der Waals surface area contributed by atoms with Crippen LogP contribution >= 0.6 is 0 Å². The molecule has 2 aromatic carbocycles. The number of hydrogen-bond acceptors (Lipinski definition) is 7. The summed E-state index contributed by atoms with van der Waals surface area (Å²) in [6.07, 6.45) is 0. The molecule has 0 aliphatic heterocycles. The Labute approximate surface area is 137 Å². The Morgan fingerprint density at radius 1 is 1.12 bits per heavy atom. The van der Waals surface area contributed by atoms with Gasteiger partial charge in [-0.1, -0.05) is 24.3 Å². The highest BCUT2D eigenvalue weighted by atomic mass is 32.2. The van der Waals surface area contributed by atoms with Crippen molar-refractivity contribution < 1.29 is 18.1 Å². The molecule has 0 radical (unpaired) electrons. The van der Waals surface area contributed by atoms with Crippen LogP contribution in [0.1, 0.15) is 6.92 Å². The lowest BCUT2D eigenvalue weighted by molar-refractivity contribution is -0.384. The first kappa shape index (κ1) is 17.3. The number of sulfone groups is 1. The molecule has 0 spiro atoms. The molecule has 2 rings (SSSR count). The molecule has 1 N–H and O–H groups in total. The Morgan fingerprint density at radius 2 is 1.79 bits per heavy atom. The summed E-state index contributed by atoms with van der Waals surface area (Å²) in [5, 5.41) is 13.7. The van der Waals surface area contributed by atoms with E-state index in [9.17, 15) is 23.3 Å². The van der Waals surface area contributed by atoms with Crippen LogP contribution in [0.15, 0.2) is 64.6 Å². The van der Waals surface area contributed by atoms with Crippen molar-refractivity contribution in [2.24, 2.45) is 5.10 Å². The Kier molecular flexibility index (Phi) is 5.05. The molecule has 0 bridgehead atoms. The molecule has 0 aliphatic carbocycles. The maximum atomic E-state index is 12.5. The molecule has 0 fully saturated rings. The van der Waals surface area contributed by atoms with Gasteiger partial charge in [0.2, 0.25) is 14.9 Å². The normalized spacial score (nSPS) is 11.8. The van der Waals surface area contributed by atoms with E-state index in [0.717, 1.165) is 6.92 Å². The summed E-state index contributed by atoms with van der Waals surface area (Å²) in [6, 6.07) is 12.7.